The molecule has 8 heteroatoms. The van der Waals surface area contributed by atoms with Crippen molar-refractivity contribution in [2.24, 2.45) is 5.14 Å². The Labute approximate surface area is 123 Å². The minimum absolute atomic E-state index is 0.0694. The summed E-state index contributed by atoms with van der Waals surface area (Å²) in [6.07, 6.45) is 0.771. The summed E-state index contributed by atoms with van der Waals surface area (Å²) in [6, 6.07) is 2.52. The molecule has 0 heterocycles. The number of benzene rings is 1. The highest BCUT2D eigenvalue weighted by Crippen LogP contribution is 2.31. The Morgan fingerprint density at radius 2 is 2.05 bits per heavy atom. The number of methoxy groups -OCH3 is 1. The number of amides is 1. The average Bonchev–Trinajstić information content (AvgIpc) is 2.36. The second-order valence-electron chi connectivity index (χ2n) is 4.26. The standard InChI is InChI=1S/C12H17ClN2O4S/c1-4-5-15(2)12(16)9-6-8(13)7-10(11(9)19-3)20(14,17)18/h6-7H,4-5H2,1-3H3,(H2,14,17,18). The lowest BCUT2D eigenvalue weighted by molar-refractivity contribution is 0.0791. The van der Waals surface area contributed by atoms with E-state index in [4.69, 9.17) is 21.5 Å². The van der Waals surface area contributed by atoms with Gasteiger partial charge in [-0.05, 0) is 18.6 Å². The molecule has 0 radical (unpaired) electrons. The summed E-state index contributed by atoms with van der Waals surface area (Å²) in [6.45, 7) is 2.45. The van der Waals surface area contributed by atoms with Crippen molar-refractivity contribution in [2.75, 3.05) is 20.7 Å². The van der Waals surface area contributed by atoms with Gasteiger partial charge in [0.05, 0.1) is 12.7 Å². The first kappa shape index (κ1) is 16.7. The second-order valence-corrected chi connectivity index (χ2v) is 6.22. The molecule has 0 unspecified atom stereocenters. The number of carbonyl (C=O) groups is 1. The molecule has 0 saturated carbocycles. The van der Waals surface area contributed by atoms with E-state index < -0.39 is 10.0 Å². The van der Waals surface area contributed by atoms with Crippen molar-refractivity contribution in [1.29, 1.82) is 0 Å². The molecule has 0 aromatic heterocycles. The lowest BCUT2D eigenvalue weighted by Gasteiger charge is -2.19. The molecule has 0 spiro atoms. The Balaban J connectivity index is 3.47. The number of primary sulfonamides is 1. The van der Waals surface area contributed by atoms with Crippen molar-refractivity contribution in [2.45, 2.75) is 18.2 Å². The highest BCUT2D eigenvalue weighted by Gasteiger charge is 2.24. The fourth-order valence-corrected chi connectivity index (χ4v) is 2.82. The highest BCUT2D eigenvalue weighted by atomic mass is 35.5. The minimum atomic E-state index is -4.04. The van der Waals surface area contributed by atoms with Crippen LogP contribution in [-0.4, -0.2) is 39.9 Å². The lowest BCUT2D eigenvalue weighted by Crippen LogP contribution is -2.28. The van der Waals surface area contributed by atoms with E-state index in [0.717, 1.165) is 12.5 Å². The molecular weight excluding hydrogens is 304 g/mol. The van der Waals surface area contributed by atoms with Crippen molar-refractivity contribution < 1.29 is 17.9 Å². The first-order valence-corrected chi connectivity index (χ1v) is 7.80. The van der Waals surface area contributed by atoms with Crippen LogP contribution in [0.5, 0.6) is 5.75 Å². The maximum Gasteiger partial charge on any atom is 0.257 e. The Kier molecular flexibility index (Phi) is 5.38. The van der Waals surface area contributed by atoms with Crippen LogP contribution in [0.1, 0.15) is 23.7 Å². The van der Waals surface area contributed by atoms with Gasteiger partial charge in [-0.1, -0.05) is 18.5 Å². The summed E-state index contributed by atoms with van der Waals surface area (Å²) in [5.74, 6) is -0.471. The smallest absolute Gasteiger partial charge is 0.257 e. The number of hydrogen-bond acceptors (Lipinski definition) is 4. The third kappa shape index (κ3) is 3.62. The van der Waals surface area contributed by atoms with Crippen LogP contribution in [0.25, 0.3) is 0 Å². The van der Waals surface area contributed by atoms with Crippen molar-refractivity contribution in [3.05, 3.63) is 22.7 Å². The molecule has 1 amide bonds. The number of rotatable bonds is 5. The molecular formula is C12H17ClN2O4S. The molecule has 0 atom stereocenters. The quantitative estimate of drug-likeness (QED) is 0.889. The molecule has 1 aromatic rings. The Morgan fingerprint density at radius 1 is 1.45 bits per heavy atom. The van der Waals surface area contributed by atoms with E-state index in [2.05, 4.69) is 0 Å². The number of nitrogens with two attached hydrogens (primary N) is 1. The van der Waals surface area contributed by atoms with Gasteiger partial charge in [-0.15, -0.1) is 0 Å². The fraction of sp³-hybridized carbons (Fsp3) is 0.417. The van der Waals surface area contributed by atoms with Crippen LogP contribution >= 0.6 is 11.6 Å². The summed E-state index contributed by atoms with van der Waals surface area (Å²) in [5.41, 5.74) is 0.0694. The SMILES string of the molecule is CCCN(C)C(=O)c1cc(Cl)cc(S(N)(=O)=O)c1OC. The average molecular weight is 321 g/mol. The van der Waals surface area contributed by atoms with Crippen LogP contribution in [0.4, 0.5) is 0 Å². The Hall–Kier alpha value is -1.31. The number of hydrogen-bond donors (Lipinski definition) is 1. The van der Waals surface area contributed by atoms with Gasteiger partial charge in [-0.3, -0.25) is 4.79 Å². The van der Waals surface area contributed by atoms with E-state index >= 15 is 0 Å². The maximum absolute atomic E-state index is 12.3. The largest absolute Gasteiger partial charge is 0.494 e. The summed E-state index contributed by atoms with van der Waals surface area (Å²) in [5, 5.41) is 5.21. The van der Waals surface area contributed by atoms with Gasteiger partial charge in [0.25, 0.3) is 5.91 Å². The van der Waals surface area contributed by atoms with Gasteiger partial charge in [0.2, 0.25) is 10.0 Å². The van der Waals surface area contributed by atoms with E-state index in [-0.39, 0.29) is 27.1 Å². The van der Waals surface area contributed by atoms with E-state index in [0.29, 0.717) is 6.54 Å². The Bertz CT molecular complexity index is 616. The van der Waals surface area contributed by atoms with Crippen molar-refractivity contribution in [3.8, 4) is 5.75 Å². The number of halogens is 1. The van der Waals surface area contributed by atoms with Crippen LogP contribution < -0.4 is 9.88 Å². The van der Waals surface area contributed by atoms with Gasteiger partial charge in [-0.2, -0.15) is 0 Å². The molecule has 2 N–H and O–H groups in total. The van der Waals surface area contributed by atoms with Crippen LogP contribution in [-0.2, 0) is 10.0 Å². The maximum atomic E-state index is 12.3. The molecule has 0 aliphatic rings. The first-order valence-electron chi connectivity index (χ1n) is 5.88. The van der Waals surface area contributed by atoms with Gasteiger partial charge >= 0.3 is 0 Å². The summed E-state index contributed by atoms with van der Waals surface area (Å²) in [4.78, 5) is 13.5. The zero-order valence-electron chi connectivity index (χ0n) is 11.5. The summed E-state index contributed by atoms with van der Waals surface area (Å²) in [7, 11) is -1.16. The highest BCUT2D eigenvalue weighted by molar-refractivity contribution is 7.89. The molecule has 0 aliphatic heterocycles. The number of carbonyl (C=O) groups excluding carboxylic acids is 1. The fourth-order valence-electron chi connectivity index (χ4n) is 1.79. The summed E-state index contributed by atoms with van der Waals surface area (Å²) < 4.78 is 28.1. The van der Waals surface area contributed by atoms with Gasteiger partial charge in [0.1, 0.15) is 4.90 Å². The molecule has 0 bridgehead atoms. The topological polar surface area (TPSA) is 89.7 Å². The van der Waals surface area contributed by atoms with E-state index in [1.54, 1.807) is 7.05 Å². The Morgan fingerprint density at radius 3 is 2.50 bits per heavy atom. The van der Waals surface area contributed by atoms with Crippen molar-refractivity contribution in [1.82, 2.24) is 4.90 Å². The van der Waals surface area contributed by atoms with E-state index in [9.17, 15) is 13.2 Å². The lowest BCUT2D eigenvalue weighted by atomic mass is 10.1. The molecule has 6 nitrogen and oxygen atoms in total. The van der Waals surface area contributed by atoms with E-state index in [1.807, 2.05) is 6.92 Å². The molecule has 1 rings (SSSR count). The normalized spacial score (nSPS) is 11.2. The second kappa shape index (κ2) is 6.43. The zero-order valence-corrected chi connectivity index (χ0v) is 13.1. The van der Waals surface area contributed by atoms with Crippen LogP contribution in [0, 0.1) is 0 Å². The predicted molar refractivity (Wildman–Crippen MR) is 76.6 cm³/mol. The third-order valence-electron chi connectivity index (χ3n) is 2.67. The number of nitrogens with zero attached hydrogens (tertiary/aromatic N) is 1. The summed E-state index contributed by atoms with van der Waals surface area (Å²) >= 11 is 5.86. The number of ether oxygens (including phenoxy) is 1. The molecule has 0 saturated heterocycles. The molecule has 20 heavy (non-hydrogen) atoms. The van der Waals surface area contributed by atoms with Gasteiger partial charge in [0.15, 0.2) is 5.75 Å². The van der Waals surface area contributed by atoms with Gasteiger partial charge in [0, 0.05) is 18.6 Å². The van der Waals surface area contributed by atoms with Crippen LogP contribution in [0.15, 0.2) is 17.0 Å². The molecule has 1 aromatic carbocycles. The monoisotopic (exact) mass is 320 g/mol. The number of sulfonamides is 1. The first-order chi connectivity index (χ1) is 9.22. The van der Waals surface area contributed by atoms with Crippen LogP contribution in [0.2, 0.25) is 5.02 Å². The third-order valence-corrected chi connectivity index (χ3v) is 3.80. The van der Waals surface area contributed by atoms with Gasteiger partial charge < -0.3 is 9.64 Å². The molecule has 112 valence electrons. The van der Waals surface area contributed by atoms with Crippen molar-refractivity contribution in [3.63, 3.8) is 0 Å². The molecule has 0 aliphatic carbocycles. The van der Waals surface area contributed by atoms with Crippen LogP contribution in [0.3, 0.4) is 0 Å². The zero-order chi connectivity index (χ0) is 15.5. The minimum Gasteiger partial charge on any atom is -0.494 e. The van der Waals surface area contributed by atoms with Gasteiger partial charge in [-0.25, -0.2) is 13.6 Å². The van der Waals surface area contributed by atoms with Crippen molar-refractivity contribution >= 4 is 27.5 Å². The molecule has 0 fully saturated rings. The van der Waals surface area contributed by atoms with E-state index in [1.165, 1.54) is 18.1 Å². The predicted octanol–water partition coefficient (Wildman–Crippen LogP) is 1.48.